The lowest BCUT2D eigenvalue weighted by atomic mass is 10.1. The first-order valence-corrected chi connectivity index (χ1v) is 8.81. The number of carbonyl (C=O) groups excluding carboxylic acids is 2. The van der Waals surface area contributed by atoms with E-state index in [2.05, 4.69) is 36.2 Å². The minimum Gasteiger partial charge on any atom is -0.352 e. The van der Waals surface area contributed by atoms with Gasteiger partial charge in [-0.2, -0.15) is 5.10 Å². The van der Waals surface area contributed by atoms with Gasteiger partial charge in [-0.15, -0.1) is 0 Å². The molecule has 0 atom stereocenters. The van der Waals surface area contributed by atoms with Crippen molar-refractivity contribution >= 4 is 17.5 Å². The molecule has 1 aromatic carbocycles. The van der Waals surface area contributed by atoms with Crippen molar-refractivity contribution in [3.05, 3.63) is 59.4 Å². The largest absolute Gasteiger partial charge is 0.352 e. The number of amides is 2. The Balaban J connectivity index is 2.01. The van der Waals surface area contributed by atoms with Gasteiger partial charge < -0.3 is 10.6 Å². The average molecular weight is 354 g/mol. The summed E-state index contributed by atoms with van der Waals surface area (Å²) in [7, 11) is 1.94. The van der Waals surface area contributed by atoms with Crippen LogP contribution in [0.25, 0.3) is 0 Å². The molecule has 0 aliphatic heterocycles. The SMILES string of the molecule is C=CC(=O)Nc1cccc(CC(=O)NCc2c(CC)nn(C)c2CC)c1. The quantitative estimate of drug-likeness (QED) is 0.715. The maximum absolute atomic E-state index is 12.3. The van der Waals surface area contributed by atoms with Gasteiger partial charge in [-0.25, -0.2) is 0 Å². The molecule has 1 heterocycles. The van der Waals surface area contributed by atoms with Gasteiger partial charge in [0.1, 0.15) is 0 Å². The first-order valence-electron chi connectivity index (χ1n) is 8.81. The fourth-order valence-electron chi connectivity index (χ4n) is 2.98. The number of anilines is 1. The molecular weight excluding hydrogens is 328 g/mol. The second-order valence-corrected chi connectivity index (χ2v) is 6.05. The van der Waals surface area contributed by atoms with Gasteiger partial charge in [-0.1, -0.05) is 32.6 Å². The Hall–Kier alpha value is -2.89. The third-order valence-electron chi connectivity index (χ3n) is 4.23. The summed E-state index contributed by atoms with van der Waals surface area (Å²) in [5.74, 6) is -0.340. The number of nitrogens with one attached hydrogen (secondary N) is 2. The topological polar surface area (TPSA) is 76.0 Å². The van der Waals surface area contributed by atoms with Crippen molar-refractivity contribution < 1.29 is 9.59 Å². The average Bonchev–Trinajstić information content (AvgIpc) is 2.94. The van der Waals surface area contributed by atoms with Crippen molar-refractivity contribution in [3.8, 4) is 0 Å². The van der Waals surface area contributed by atoms with E-state index >= 15 is 0 Å². The molecular formula is C20H26N4O2. The molecule has 2 aromatic rings. The Labute approximate surface area is 154 Å². The highest BCUT2D eigenvalue weighted by Crippen LogP contribution is 2.16. The Morgan fingerprint density at radius 3 is 2.69 bits per heavy atom. The first-order chi connectivity index (χ1) is 12.5. The number of hydrogen-bond acceptors (Lipinski definition) is 3. The van der Waals surface area contributed by atoms with Crippen LogP contribution in [0.5, 0.6) is 0 Å². The lowest BCUT2D eigenvalue weighted by Gasteiger charge is -2.09. The monoisotopic (exact) mass is 354 g/mol. The number of hydrogen-bond donors (Lipinski definition) is 2. The molecule has 0 unspecified atom stereocenters. The van der Waals surface area contributed by atoms with E-state index in [-0.39, 0.29) is 18.2 Å². The molecule has 138 valence electrons. The van der Waals surface area contributed by atoms with Crippen molar-refractivity contribution in [1.29, 1.82) is 0 Å². The van der Waals surface area contributed by atoms with Gasteiger partial charge in [0.05, 0.1) is 12.1 Å². The molecule has 0 spiro atoms. The minimum atomic E-state index is -0.276. The Bertz CT molecular complexity index is 808. The first kappa shape index (κ1) is 19.4. The van der Waals surface area contributed by atoms with Crippen LogP contribution in [-0.4, -0.2) is 21.6 Å². The minimum absolute atomic E-state index is 0.0647. The van der Waals surface area contributed by atoms with Crippen LogP contribution < -0.4 is 10.6 Å². The van der Waals surface area contributed by atoms with Crippen LogP contribution in [0.3, 0.4) is 0 Å². The smallest absolute Gasteiger partial charge is 0.247 e. The fourth-order valence-corrected chi connectivity index (χ4v) is 2.98. The standard InChI is InChI=1S/C20H26N4O2/c1-5-17-16(18(6-2)24(4)23-17)13-21-20(26)12-14-9-8-10-15(11-14)22-19(25)7-3/h7-11H,3,5-6,12-13H2,1-2,4H3,(H,21,26)(H,22,25). The van der Waals surface area contributed by atoms with E-state index < -0.39 is 0 Å². The lowest BCUT2D eigenvalue weighted by Crippen LogP contribution is -2.25. The van der Waals surface area contributed by atoms with Gasteiger partial charge in [0, 0.05) is 30.5 Å². The molecule has 0 saturated carbocycles. The summed E-state index contributed by atoms with van der Waals surface area (Å²) in [5.41, 5.74) is 4.77. The van der Waals surface area contributed by atoms with Gasteiger partial charge in [0.25, 0.3) is 0 Å². The van der Waals surface area contributed by atoms with E-state index in [0.717, 1.165) is 35.4 Å². The summed E-state index contributed by atoms with van der Waals surface area (Å²) in [6.45, 7) is 8.06. The van der Waals surface area contributed by atoms with Crippen LogP contribution in [0, 0.1) is 0 Å². The van der Waals surface area contributed by atoms with Crippen LogP contribution >= 0.6 is 0 Å². The second-order valence-electron chi connectivity index (χ2n) is 6.05. The summed E-state index contributed by atoms with van der Waals surface area (Å²) < 4.78 is 1.89. The molecule has 26 heavy (non-hydrogen) atoms. The van der Waals surface area contributed by atoms with Crippen LogP contribution in [0.15, 0.2) is 36.9 Å². The molecule has 0 fully saturated rings. The molecule has 6 heteroatoms. The predicted octanol–water partition coefficient (Wildman–Crippen LogP) is 2.53. The molecule has 6 nitrogen and oxygen atoms in total. The summed E-state index contributed by atoms with van der Waals surface area (Å²) in [6.07, 6.45) is 3.18. The molecule has 2 amide bonds. The number of rotatable bonds is 8. The molecule has 0 bridgehead atoms. The number of benzene rings is 1. The van der Waals surface area contributed by atoms with Crippen molar-refractivity contribution in [2.45, 2.75) is 39.7 Å². The molecule has 2 N–H and O–H groups in total. The zero-order chi connectivity index (χ0) is 19.1. The number of aromatic nitrogens is 2. The maximum atomic E-state index is 12.3. The van der Waals surface area contributed by atoms with E-state index in [1.165, 1.54) is 6.08 Å². The van der Waals surface area contributed by atoms with Gasteiger partial charge in [0.2, 0.25) is 11.8 Å². The zero-order valence-corrected chi connectivity index (χ0v) is 15.6. The molecule has 0 saturated heterocycles. The van der Waals surface area contributed by atoms with Crippen molar-refractivity contribution in [3.63, 3.8) is 0 Å². The highest BCUT2D eigenvalue weighted by atomic mass is 16.2. The third-order valence-corrected chi connectivity index (χ3v) is 4.23. The Kier molecular flexibility index (Phi) is 6.72. The number of carbonyl (C=O) groups is 2. The van der Waals surface area contributed by atoms with E-state index in [9.17, 15) is 9.59 Å². The highest BCUT2D eigenvalue weighted by molar-refractivity contribution is 5.98. The summed E-state index contributed by atoms with van der Waals surface area (Å²) in [4.78, 5) is 23.7. The molecule has 0 radical (unpaired) electrons. The summed E-state index contributed by atoms with van der Waals surface area (Å²) >= 11 is 0. The van der Waals surface area contributed by atoms with Crippen LogP contribution in [0.1, 0.15) is 36.4 Å². The van der Waals surface area contributed by atoms with Crippen LogP contribution in [-0.2, 0) is 42.4 Å². The Morgan fingerprint density at radius 1 is 1.27 bits per heavy atom. The second kappa shape index (κ2) is 8.99. The summed E-state index contributed by atoms with van der Waals surface area (Å²) in [6, 6.07) is 7.24. The molecule has 0 aliphatic rings. The highest BCUT2D eigenvalue weighted by Gasteiger charge is 2.14. The van der Waals surface area contributed by atoms with Gasteiger partial charge >= 0.3 is 0 Å². The van der Waals surface area contributed by atoms with Gasteiger partial charge in [-0.05, 0) is 36.6 Å². The fraction of sp³-hybridized carbons (Fsp3) is 0.350. The third kappa shape index (κ3) is 4.81. The van der Waals surface area contributed by atoms with E-state index in [1.807, 2.05) is 23.9 Å². The van der Waals surface area contributed by atoms with Crippen molar-refractivity contribution in [1.82, 2.24) is 15.1 Å². The van der Waals surface area contributed by atoms with E-state index in [4.69, 9.17) is 0 Å². The van der Waals surface area contributed by atoms with Crippen molar-refractivity contribution in [2.75, 3.05) is 5.32 Å². The van der Waals surface area contributed by atoms with Gasteiger partial charge in [-0.3, -0.25) is 14.3 Å². The lowest BCUT2D eigenvalue weighted by molar-refractivity contribution is -0.120. The molecule has 0 aliphatic carbocycles. The van der Waals surface area contributed by atoms with E-state index in [1.54, 1.807) is 12.1 Å². The normalized spacial score (nSPS) is 10.4. The summed E-state index contributed by atoms with van der Waals surface area (Å²) in [5, 5.41) is 10.2. The zero-order valence-electron chi connectivity index (χ0n) is 15.6. The number of nitrogens with zero attached hydrogens (tertiary/aromatic N) is 2. The predicted molar refractivity (Wildman–Crippen MR) is 103 cm³/mol. The van der Waals surface area contributed by atoms with Crippen LogP contribution in [0.4, 0.5) is 5.69 Å². The van der Waals surface area contributed by atoms with Crippen LogP contribution in [0.2, 0.25) is 0 Å². The Morgan fingerprint density at radius 2 is 2.04 bits per heavy atom. The van der Waals surface area contributed by atoms with E-state index in [0.29, 0.717) is 12.2 Å². The molecule has 2 rings (SSSR count). The maximum Gasteiger partial charge on any atom is 0.247 e. The molecule has 1 aromatic heterocycles. The number of aryl methyl sites for hydroxylation is 2. The van der Waals surface area contributed by atoms with Gasteiger partial charge in [0.15, 0.2) is 0 Å². The van der Waals surface area contributed by atoms with Crippen molar-refractivity contribution in [2.24, 2.45) is 7.05 Å².